The molecule has 112 valence electrons. The minimum absolute atomic E-state index is 0.316. The van der Waals surface area contributed by atoms with Crippen LogP contribution in [0.25, 0.3) is 20.5 Å². The average Bonchev–Trinajstić information content (AvgIpc) is 2.96. The quantitative estimate of drug-likeness (QED) is 0.459. The zero-order valence-corrected chi connectivity index (χ0v) is 15.4. The van der Waals surface area contributed by atoms with E-state index in [0.29, 0.717) is 15.0 Å². The van der Waals surface area contributed by atoms with Crippen molar-refractivity contribution in [3.8, 4) is 10.4 Å². The third kappa shape index (κ3) is 2.86. The Balaban J connectivity index is 1.92. The number of hydrogen-bond donors (Lipinski definition) is 0. The molecule has 0 amide bonds. The summed E-state index contributed by atoms with van der Waals surface area (Å²) in [5, 5.41) is 1.42. The van der Waals surface area contributed by atoms with E-state index in [-0.39, 0.29) is 0 Å². The number of thiophene rings is 1. The van der Waals surface area contributed by atoms with Crippen LogP contribution in [0.4, 0.5) is 0 Å². The van der Waals surface area contributed by atoms with Crippen LogP contribution >= 0.6 is 11.3 Å². The van der Waals surface area contributed by atoms with Crippen LogP contribution in [0.2, 0.25) is 0 Å². The number of benzene rings is 3. The first-order chi connectivity index (χ1) is 11.3. The molecule has 0 spiro atoms. The zero-order valence-electron chi connectivity index (χ0n) is 12.8. The van der Waals surface area contributed by atoms with Gasteiger partial charge in [0.25, 0.3) is 0 Å². The molecule has 4 rings (SSSR count). The fourth-order valence-electron chi connectivity index (χ4n) is 2.68. The summed E-state index contributed by atoms with van der Waals surface area (Å²) < 4.78 is 4.37. The Kier molecular flexibility index (Phi) is 4.05. The van der Waals surface area contributed by atoms with Crippen molar-refractivity contribution in [3.05, 3.63) is 84.4 Å². The first-order valence-electron chi connectivity index (χ1n) is 7.63. The fourth-order valence-corrected chi connectivity index (χ4v) is 6.71. The second kappa shape index (κ2) is 6.33. The third-order valence-corrected chi connectivity index (χ3v) is 8.14. The zero-order chi connectivity index (χ0) is 15.6. The van der Waals surface area contributed by atoms with E-state index in [1.54, 1.807) is 0 Å². The molecule has 0 saturated heterocycles. The average molecular weight is 379 g/mol. The van der Waals surface area contributed by atoms with Crippen molar-refractivity contribution in [2.45, 2.75) is 6.92 Å². The van der Waals surface area contributed by atoms with E-state index in [4.69, 9.17) is 0 Å². The predicted octanol–water partition coefficient (Wildman–Crippen LogP) is 4.53. The number of hydrogen-bond acceptors (Lipinski definition) is 1. The molecule has 0 aliphatic rings. The molecule has 0 radical (unpaired) electrons. The first-order valence-corrected chi connectivity index (χ1v) is 10.2. The monoisotopic (exact) mass is 380 g/mol. The summed E-state index contributed by atoms with van der Waals surface area (Å²) in [7, 11) is 0. The van der Waals surface area contributed by atoms with Crippen LogP contribution in [0.1, 0.15) is 5.56 Å². The summed E-state index contributed by atoms with van der Waals surface area (Å²) in [6.45, 7) is 2.22. The molecule has 23 heavy (non-hydrogen) atoms. The summed E-state index contributed by atoms with van der Waals surface area (Å²) in [4.78, 5) is 1.43. The Bertz CT molecular complexity index is 954. The van der Waals surface area contributed by atoms with Crippen molar-refractivity contribution >= 4 is 45.3 Å². The van der Waals surface area contributed by atoms with Crippen LogP contribution in [0.3, 0.4) is 0 Å². The predicted molar refractivity (Wildman–Crippen MR) is 103 cm³/mol. The van der Waals surface area contributed by atoms with E-state index >= 15 is 0 Å². The van der Waals surface area contributed by atoms with Gasteiger partial charge in [-0.1, -0.05) is 0 Å². The van der Waals surface area contributed by atoms with Gasteiger partial charge in [0.15, 0.2) is 0 Å². The summed E-state index contributed by atoms with van der Waals surface area (Å²) in [5.41, 5.74) is 2.72. The standard InChI is InChI=1S/C21H16SSe/c1-15-9-5-8-14-19(15)23-21-17-12-6-7-13-18(17)22-20(21)16-10-3-2-4-11-16/h2-14H,1H3. The van der Waals surface area contributed by atoms with Gasteiger partial charge < -0.3 is 0 Å². The summed E-state index contributed by atoms with van der Waals surface area (Å²) in [6.07, 6.45) is 0. The summed E-state index contributed by atoms with van der Waals surface area (Å²) in [6, 6.07) is 28.4. The van der Waals surface area contributed by atoms with E-state index in [0.717, 1.165) is 0 Å². The first kappa shape index (κ1) is 14.7. The summed E-state index contributed by atoms with van der Waals surface area (Å²) >= 11 is 2.23. The van der Waals surface area contributed by atoms with Gasteiger partial charge in [-0.3, -0.25) is 0 Å². The van der Waals surface area contributed by atoms with E-state index in [1.807, 2.05) is 11.3 Å². The normalized spacial score (nSPS) is 11.0. The number of rotatable bonds is 3. The van der Waals surface area contributed by atoms with Crippen molar-refractivity contribution in [1.29, 1.82) is 0 Å². The second-order valence-corrected chi connectivity index (χ2v) is 8.75. The molecule has 2 heteroatoms. The molecule has 4 aromatic rings. The Morgan fingerprint density at radius 1 is 0.739 bits per heavy atom. The maximum absolute atomic E-state index is 2.27. The van der Waals surface area contributed by atoms with Gasteiger partial charge in [-0.05, 0) is 0 Å². The molecule has 0 N–H and O–H groups in total. The Morgan fingerprint density at radius 3 is 2.26 bits per heavy atom. The van der Waals surface area contributed by atoms with Crippen molar-refractivity contribution in [3.63, 3.8) is 0 Å². The van der Waals surface area contributed by atoms with Gasteiger partial charge in [0.05, 0.1) is 0 Å². The molecule has 0 aliphatic heterocycles. The molecule has 1 aromatic heterocycles. The van der Waals surface area contributed by atoms with E-state index in [9.17, 15) is 0 Å². The Morgan fingerprint density at radius 2 is 1.43 bits per heavy atom. The van der Waals surface area contributed by atoms with Gasteiger partial charge in [-0.2, -0.15) is 0 Å². The van der Waals surface area contributed by atoms with Crippen LogP contribution in [0, 0.1) is 6.92 Å². The molecule has 0 aliphatic carbocycles. The van der Waals surface area contributed by atoms with Gasteiger partial charge in [0, 0.05) is 0 Å². The van der Waals surface area contributed by atoms with Crippen molar-refractivity contribution in [2.75, 3.05) is 0 Å². The number of fused-ring (bicyclic) bond motifs is 1. The molecule has 0 atom stereocenters. The van der Waals surface area contributed by atoms with E-state index < -0.39 is 0 Å². The third-order valence-electron chi connectivity index (χ3n) is 3.89. The Hall–Kier alpha value is -1.86. The van der Waals surface area contributed by atoms with Crippen LogP contribution in [0.15, 0.2) is 78.9 Å². The molecule has 1 heterocycles. The van der Waals surface area contributed by atoms with Gasteiger partial charge in [-0.25, -0.2) is 0 Å². The topological polar surface area (TPSA) is 0 Å². The SMILES string of the molecule is Cc1ccccc1[Se]c1c(-c2ccccc2)sc2ccccc12. The van der Waals surface area contributed by atoms with E-state index in [1.165, 1.54) is 35.0 Å². The van der Waals surface area contributed by atoms with Gasteiger partial charge in [0.2, 0.25) is 0 Å². The van der Waals surface area contributed by atoms with Crippen LogP contribution < -0.4 is 8.92 Å². The Labute approximate surface area is 147 Å². The molecule has 0 bridgehead atoms. The maximum atomic E-state index is 2.27. The molecule has 0 nitrogen and oxygen atoms in total. The molecular formula is C21H16SSe. The molecule has 0 unspecified atom stereocenters. The van der Waals surface area contributed by atoms with Gasteiger partial charge in [-0.15, -0.1) is 0 Å². The van der Waals surface area contributed by atoms with Crippen molar-refractivity contribution < 1.29 is 0 Å². The minimum atomic E-state index is 0.316. The van der Waals surface area contributed by atoms with Crippen molar-refractivity contribution in [2.24, 2.45) is 0 Å². The molecule has 0 saturated carbocycles. The van der Waals surface area contributed by atoms with Gasteiger partial charge >= 0.3 is 147 Å². The molecule has 3 aromatic carbocycles. The number of aryl methyl sites for hydroxylation is 1. The second-order valence-electron chi connectivity index (χ2n) is 5.49. The van der Waals surface area contributed by atoms with Crippen LogP contribution in [0.5, 0.6) is 0 Å². The van der Waals surface area contributed by atoms with Crippen molar-refractivity contribution in [1.82, 2.24) is 0 Å². The van der Waals surface area contributed by atoms with E-state index in [2.05, 4.69) is 85.8 Å². The van der Waals surface area contributed by atoms with Gasteiger partial charge in [0.1, 0.15) is 0 Å². The fraction of sp³-hybridized carbons (Fsp3) is 0.0476. The molecule has 0 fully saturated rings. The summed E-state index contributed by atoms with van der Waals surface area (Å²) in [5.74, 6) is 0. The van der Waals surface area contributed by atoms with Crippen LogP contribution in [-0.2, 0) is 0 Å². The molecular weight excluding hydrogens is 363 g/mol. The van der Waals surface area contributed by atoms with Crippen LogP contribution in [-0.4, -0.2) is 15.0 Å².